The number of aliphatic hydroxyl groups excluding tert-OH is 1. The second-order valence-electron chi connectivity index (χ2n) is 5.33. The van der Waals surface area contributed by atoms with Gasteiger partial charge < -0.3 is 5.11 Å². The summed E-state index contributed by atoms with van der Waals surface area (Å²) < 4.78 is 0. The Morgan fingerprint density at radius 3 is 2.65 bits per heavy atom. The SMILES string of the molecule is CCN(Cc1ccncc1)C1Cc2ccccc2C1O. The second kappa shape index (κ2) is 5.73. The lowest BCUT2D eigenvalue weighted by Gasteiger charge is -2.30. The van der Waals surface area contributed by atoms with Crippen LogP contribution in [0.3, 0.4) is 0 Å². The van der Waals surface area contributed by atoms with Gasteiger partial charge in [-0.2, -0.15) is 0 Å². The first-order chi connectivity index (χ1) is 9.79. The molecule has 0 spiro atoms. The number of fused-ring (bicyclic) bond motifs is 1. The van der Waals surface area contributed by atoms with E-state index in [9.17, 15) is 5.11 Å². The molecule has 2 aromatic rings. The van der Waals surface area contributed by atoms with Crippen LogP contribution in [-0.2, 0) is 13.0 Å². The molecule has 1 aliphatic rings. The summed E-state index contributed by atoms with van der Waals surface area (Å²) in [6.45, 7) is 3.93. The van der Waals surface area contributed by atoms with Gasteiger partial charge in [-0.3, -0.25) is 9.88 Å². The zero-order chi connectivity index (χ0) is 13.9. The zero-order valence-corrected chi connectivity index (χ0v) is 11.7. The number of pyridine rings is 1. The minimum Gasteiger partial charge on any atom is -0.387 e. The predicted octanol–water partition coefficient (Wildman–Crippen LogP) is 2.56. The molecule has 104 valence electrons. The van der Waals surface area contributed by atoms with Crippen LogP contribution in [0.2, 0.25) is 0 Å². The largest absolute Gasteiger partial charge is 0.387 e. The van der Waals surface area contributed by atoms with Gasteiger partial charge in [-0.1, -0.05) is 31.2 Å². The maximum atomic E-state index is 10.6. The lowest BCUT2D eigenvalue weighted by Crippen LogP contribution is -2.37. The van der Waals surface area contributed by atoms with Crippen LogP contribution in [0, 0.1) is 0 Å². The first-order valence-corrected chi connectivity index (χ1v) is 7.18. The Labute approximate surface area is 119 Å². The van der Waals surface area contributed by atoms with Gasteiger partial charge in [0.15, 0.2) is 0 Å². The zero-order valence-electron chi connectivity index (χ0n) is 11.7. The van der Waals surface area contributed by atoms with E-state index in [4.69, 9.17) is 0 Å². The fourth-order valence-electron chi connectivity index (χ4n) is 3.07. The molecule has 1 aromatic carbocycles. The lowest BCUT2D eigenvalue weighted by atomic mass is 10.1. The van der Waals surface area contributed by atoms with E-state index in [1.807, 2.05) is 42.7 Å². The molecule has 0 aliphatic heterocycles. The topological polar surface area (TPSA) is 36.4 Å². The molecule has 1 aromatic heterocycles. The second-order valence-corrected chi connectivity index (χ2v) is 5.33. The molecule has 3 rings (SSSR count). The van der Waals surface area contributed by atoms with Gasteiger partial charge in [0.05, 0.1) is 6.10 Å². The fraction of sp³-hybridized carbons (Fsp3) is 0.353. The molecule has 2 unspecified atom stereocenters. The summed E-state index contributed by atoms with van der Waals surface area (Å²) in [4.78, 5) is 6.40. The number of benzene rings is 1. The summed E-state index contributed by atoms with van der Waals surface area (Å²) >= 11 is 0. The van der Waals surface area contributed by atoms with Crippen molar-refractivity contribution in [2.75, 3.05) is 6.54 Å². The average Bonchev–Trinajstić information content (AvgIpc) is 2.83. The van der Waals surface area contributed by atoms with E-state index >= 15 is 0 Å². The third-order valence-corrected chi connectivity index (χ3v) is 4.18. The summed E-state index contributed by atoms with van der Waals surface area (Å²) in [5, 5.41) is 10.6. The van der Waals surface area contributed by atoms with Gasteiger partial charge in [-0.15, -0.1) is 0 Å². The van der Waals surface area contributed by atoms with Gasteiger partial charge in [-0.05, 0) is 41.8 Å². The highest BCUT2D eigenvalue weighted by atomic mass is 16.3. The molecular weight excluding hydrogens is 248 g/mol. The highest BCUT2D eigenvalue weighted by Gasteiger charge is 2.34. The van der Waals surface area contributed by atoms with Crippen molar-refractivity contribution in [3.8, 4) is 0 Å². The molecule has 3 heteroatoms. The molecule has 0 saturated carbocycles. The Bertz CT molecular complexity index is 570. The average molecular weight is 268 g/mol. The third kappa shape index (κ3) is 2.47. The lowest BCUT2D eigenvalue weighted by molar-refractivity contribution is 0.0591. The maximum absolute atomic E-state index is 10.6. The van der Waals surface area contributed by atoms with Gasteiger partial charge in [0.1, 0.15) is 0 Å². The molecule has 3 nitrogen and oxygen atoms in total. The number of hydrogen-bond acceptors (Lipinski definition) is 3. The molecular formula is C17H20N2O. The molecule has 20 heavy (non-hydrogen) atoms. The molecule has 1 N–H and O–H groups in total. The van der Waals surface area contributed by atoms with E-state index in [1.165, 1.54) is 11.1 Å². The molecule has 0 fully saturated rings. The fourth-order valence-corrected chi connectivity index (χ4v) is 3.07. The number of aliphatic hydroxyl groups is 1. The van der Waals surface area contributed by atoms with Gasteiger partial charge in [0.2, 0.25) is 0 Å². The highest BCUT2D eigenvalue weighted by Crippen LogP contribution is 2.34. The Morgan fingerprint density at radius 2 is 1.95 bits per heavy atom. The summed E-state index contributed by atoms with van der Waals surface area (Å²) in [6.07, 6.45) is 4.19. The molecule has 0 bridgehead atoms. The van der Waals surface area contributed by atoms with E-state index in [0.29, 0.717) is 0 Å². The normalized spacial score (nSPS) is 21.1. The minimum absolute atomic E-state index is 0.172. The van der Waals surface area contributed by atoms with Gasteiger partial charge in [0.25, 0.3) is 0 Å². The predicted molar refractivity (Wildman–Crippen MR) is 79.2 cm³/mol. The maximum Gasteiger partial charge on any atom is 0.0951 e. The van der Waals surface area contributed by atoms with Crippen molar-refractivity contribution in [1.29, 1.82) is 0 Å². The van der Waals surface area contributed by atoms with Crippen molar-refractivity contribution in [2.24, 2.45) is 0 Å². The van der Waals surface area contributed by atoms with Crippen LogP contribution in [0.15, 0.2) is 48.8 Å². The van der Waals surface area contributed by atoms with E-state index in [1.54, 1.807) is 0 Å². The Morgan fingerprint density at radius 1 is 1.20 bits per heavy atom. The van der Waals surface area contributed by atoms with Crippen molar-refractivity contribution in [1.82, 2.24) is 9.88 Å². The Balaban J connectivity index is 1.78. The quantitative estimate of drug-likeness (QED) is 0.926. The van der Waals surface area contributed by atoms with Crippen LogP contribution in [-0.4, -0.2) is 27.6 Å². The smallest absolute Gasteiger partial charge is 0.0951 e. The molecule has 0 amide bonds. The van der Waals surface area contributed by atoms with Gasteiger partial charge in [0, 0.05) is 25.0 Å². The molecule has 1 heterocycles. The number of rotatable bonds is 4. The van der Waals surface area contributed by atoms with Gasteiger partial charge in [-0.25, -0.2) is 0 Å². The third-order valence-electron chi connectivity index (χ3n) is 4.18. The number of nitrogens with zero attached hydrogens (tertiary/aromatic N) is 2. The van der Waals surface area contributed by atoms with Gasteiger partial charge >= 0.3 is 0 Å². The van der Waals surface area contributed by atoms with E-state index in [0.717, 1.165) is 25.1 Å². The van der Waals surface area contributed by atoms with Crippen molar-refractivity contribution >= 4 is 0 Å². The summed E-state index contributed by atoms with van der Waals surface area (Å²) in [5.74, 6) is 0. The molecule has 0 saturated heterocycles. The van der Waals surface area contributed by atoms with E-state index < -0.39 is 0 Å². The number of aromatic nitrogens is 1. The van der Waals surface area contributed by atoms with E-state index in [-0.39, 0.29) is 12.1 Å². The number of likely N-dealkylation sites (N-methyl/N-ethyl adjacent to an activating group) is 1. The van der Waals surface area contributed by atoms with Crippen LogP contribution in [0.4, 0.5) is 0 Å². The van der Waals surface area contributed by atoms with Crippen LogP contribution in [0.25, 0.3) is 0 Å². The first-order valence-electron chi connectivity index (χ1n) is 7.18. The molecule has 0 radical (unpaired) electrons. The summed E-state index contributed by atoms with van der Waals surface area (Å²) in [5.41, 5.74) is 3.61. The highest BCUT2D eigenvalue weighted by molar-refractivity contribution is 5.36. The Kier molecular flexibility index (Phi) is 3.81. The first kappa shape index (κ1) is 13.3. The van der Waals surface area contributed by atoms with Crippen LogP contribution >= 0.6 is 0 Å². The van der Waals surface area contributed by atoms with Crippen LogP contribution < -0.4 is 0 Å². The van der Waals surface area contributed by atoms with Crippen molar-refractivity contribution < 1.29 is 5.11 Å². The standard InChI is InChI=1S/C17H20N2O/c1-2-19(12-13-7-9-18-10-8-13)16-11-14-5-3-4-6-15(14)17(16)20/h3-10,16-17,20H,2,11-12H2,1H3. The minimum atomic E-state index is -0.381. The molecule has 1 aliphatic carbocycles. The van der Waals surface area contributed by atoms with Crippen molar-refractivity contribution in [3.63, 3.8) is 0 Å². The monoisotopic (exact) mass is 268 g/mol. The number of hydrogen-bond donors (Lipinski definition) is 1. The summed E-state index contributed by atoms with van der Waals surface area (Å²) in [7, 11) is 0. The van der Waals surface area contributed by atoms with Crippen LogP contribution in [0.1, 0.15) is 29.7 Å². The van der Waals surface area contributed by atoms with E-state index in [2.05, 4.69) is 22.9 Å². The van der Waals surface area contributed by atoms with Crippen LogP contribution in [0.5, 0.6) is 0 Å². The molecule has 2 atom stereocenters. The van der Waals surface area contributed by atoms with Crippen molar-refractivity contribution in [3.05, 3.63) is 65.5 Å². The van der Waals surface area contributed by atoms with Crippen molar-refractivity contribution in [2.45, 2.75) is 32.0 Å². The summed E-state index contributed by atoms with van der Waals surface area (Å²) in [6, 6.07) is 12.5. The Hall–Kier alpha value is -1.71.